The van der Waals surface area contributed by atoms with Crippen molar-refractivity contribution in [3.05, 3.63) is 34.1 Å². The first-order valence-electron chi connectivity index (χ1n) is 3.87. The number of allylic oxidation sites excluding steroid dienone is 1. The Labute approximate surface area is 78.1 Å². The molecule has 1 aromatic heterocycles. The fourth-order valence-corrected chi connectivity index (χ4v) is 1.19. The Morgan fingerprint density at radius 2 is 2.08 bits per heavy atom. The van der Waals surface area contributed by atoms with E-state index in [1.54, 1.807) is 0 Å². The average Bonchev–Trinajstić information content (AvgIpc) is 1.94. The molecule has 0 N–H and O–H groups in total. The maximum atomic E-state index is 5.72. The van der Waals surface area contributed by atoms with Crippen LogP contribution in [0.1, 0.15) is 25.1 Å². The Morgan fingerprint density at radius 3 is 2.58 bits per heavy atom. The molecule has 0 spiro atoms. The number of hydrogen-bond donors (Lipinski definition) is 0. The first kappa shape index (κ1) is 9.27. The second-order valence-electron chi connectivity index (χ2n) is 3.03. The zero-order chi connectivity index (χ0) is 9.14. The lowest BCUT2D eigenvalue weighted by Gasteiger charge is -2.00. The third-order valence-electron chi connectivity index (χ3n) is 1.54. The van der Waals surface area contributed by atoms with Crippen LogP contribution in [0.25, 0.3) is 6.08 Å². The van der Waals surface area contributed by atoms with E-state index in [0.29, 0.717) is 5.15 Å². The van der Waals surface area contributed by atoms with Crippen molar-refractivity contribution >= 4 is 17.7 Å². The summed E-state index contributed by atoms with van der Waals surface area (Å²) in [4.78, 5) is 4.15. The van der Waals surface area contributed by atoms with Crippen molar-refractivity contribution in [1.82, 2.24) is 4.98 Å². The Balaban J connectivity index is 3.10. The van der Waals surface area contributed by atoms with Gasteiger partial charge in [-0.05, 0) is 32.4 Å². The van der Waals surface area contributed by atoms with Crippen LogP contribution < -0.4 is 0 Å². The van der Waals surface area contributed by atoms with Crippen LogP contribution in [-0.2, 0) is 0 Å². The molecule has 12 heavy (non-hydrogen) atoms. The van der Waals surface area contributed by atoms with Crippen molar-refractivity contribution in [1.29, 1.82) is 0 Å². The van der Waals surface area contributed by atoms with Gasteiger partial charge in [0.15, 0.2) is 0 Å². The van der Waals surface area contributed by atoms with Crippen LogP contribution in [0.5, 0.6) is 0 Å². The zero-order valence-electron chi connectivity index (χ0n) is 7.56. The molecule has 1 aromatic rings. The van der Waals surface area contributed by atoms with Gasteiger partial charge < -0.3 is 0 Å². The largest absolute Gasteiger partial charge is 0.241 e. The predicted octanol–water partition coefficient (Wildman–Crippen LogP) is 3.47. The fourth-order valence-electron chi connectivity index (χ4n) is 1.00. The van der Waals surface area contributed by atoms with Crippen molar-refractivity contribution in [2.75, 3.05) is 0 Å². The number of nitrogens with zero attached hydrogens (tertiary/aromatic N) is 1. The van der Waals surface area contributed by atoms with Crippen LogP contribution in [0.2, 0.25) is 5.15 Å². The van der Waals surface area contributed by atoms with Gasteiger partial charge in [-0.2, -0.15) is 0 Å². The Kier molecular flexibility index (Phi) is 2.88. The molecular formula is C10H12ClN. The van der Waals surface area contributed by atoms with Crippen LogP contribution >= 0.6 is 11.6 Å². The van der Waals surface area contributed by atoms with E-state index in [1.807, 2.05) is 19.1 Å². The van der Waals surface area contributed by atoms with Gasteiger partial charge in [-0.1, -0.05) is 29.3 Å². The summed E-state index contributed by atoms with van der Waals surface area (Å²) < 4.78 is 0. The summed E-state index contributed by atoms with van der Waals surface area (Å²) in [6, 6.07) is 3.79. The summed E-state index contributed by atoms with van der Waals surface area (Å²) in [5.41, 5.74) is 3.38. The summed E-state index contributed by atoms with van der Waals surface area (Å²) in [5.74, 6) is 0. The molecule has 0 aromatic carbocycles. The van der Waals surface area contributed by atoms with E-state index in [1.165, 1.54) is 5.57 Å². The van der Waals surface area contributed by atoms with Gasteiger partial charge in [0.25, 0.3) is 0 Å². The molecule has 64 valence electrons. The van der Waals surface area contributed by atoms with Gasteiger partial charge in [-0.25, -0.2) is 4.98 Å². The summed E-state index contributed by atoms with van der Waals surface area (Å²) in [6.07, 6.45) is 2.10. The molecule has 2 heteroatoms. The van der Waals surface area contributed by atoms with Crippen LogP contribution in [0.4, 0.5) is 0 Å². The number of pyridine rings is 1. The average molecular weight is 182 g/mol. The SMILES string of the molecule is CC(C)=Cc1ccc(Cl)nc1C. The lowest BCUT2D eigenvalue weighted by atomic mass is 10.1. The molecule has 0 aliphatic carbocycles. The molecule has 0 unspecified atom stereocenters. The lowest BCUT2D eigenvalue weighted by molar-refractivity contribution is 1.19. The number of halogens is 1. The van der Waals surface area contributed by atoms with E-state index < -0.39 is 0 Å². The lowest BCUT2D eigenvalue weighted by Crippen LogP contribution is -1.86. The topological polar surface area (TPSA) is 12.9 Å². The zero-order valence-corrected chi connectivity index (χ0v) is 8.31. The summed E-state index contributed by atoms with van der Waals surface area (Å²) in [5, 5.41) is 0.554. The van der Waals surface area contributed by atoms with Gasteiger partial charge in [0.1, 0.15) is 5.15 Å². The minimum absolute atomic E-state index is 0.554. The van der Waals surface area contributed by atoms with E-state index in [0.717, 1.165) is 11.3 Å². The summed E-state index contributed by atoms with van der Waals surface area (Å²) >= 11 is 5.72. The van der Waals surface area contributed by atoms with E-state index in [-0.39, 0.29) is 0 Å². The molecule has 1 rings (SSSR count). The molecule has 0 atom stereocenters. The minimum atomic E-state index is 0.554. The van der Waals surface area contributed by atoms with Gasteiger partial charge in [-0.3, -0.25) is 0 Å². The van der Waals surface area contributed by atoms with E-state index >= 15 is 0 Å². The molecule has 0 aliphatic heterocycles. The standard InChI is InChI=1S/C10H12ClN/c1-7(2)6-9-4-5-10(11)12-8(9)3/h4-6H,1-3H3. The first-order valence-corrected chi connectivity index (χ1v) is 4.25. The highest BCUT2D eigenvalue weighted by Gasteiger charge is 1.96. The van der Waals surface area contributed by atoms with Crippen molar-refractivity contribution in [2.24, 2.45) is 0 Å². The van der Waals surface area contributed by atoms with Crippen molar-refractivity contribution in [3.8, 4) is 0 Å². The van der Waals surface area contributed by atoms with Gasteiger partial charge in [-0.15, -0.1) is 0 Å². The predicted molar refractivity (Wildman–Crippen MR) is 53.3 cm³/mol. The second-order valence-corrected chi connectivity index (χ2v) is 3.42. The van der Waals surface area contributed by atoms with E-state index in [2.05, 4.69) is 24.9 Å². The maximum Gasteiger partial charge on any atom is 0.129 e. The van der Waals surface area contributed by atoms with Crippen molar-refractivity contribution in [2.45, 2.75) is 20.8 Å². The number of aryl methyl sites for hydroxylation is 1. The molecule has 0 bridgehead atoms. The quantitative estimate of drug-likeness (QED) is 0.605. The number of rotatable bonds is 1. The Hall–Kier alpha value is -0.820. The normalized spacial score (nSPS) is 9.67. The summed E-state index contributed by atoms with van der Waals surface area (Å²) in [6.45, 7) is 6.09. The minimum Gasteiger partial charge on any atom is -0.241 e. The number of hydrogen-bond acceptors (Lipinski definition) is 1. The van der Waals surface area contributed by atoms with Gasteiger partial charge in [0, 0.05) is 5.69 Å². The molecule has 0 fully saturated rings. The summed E-state index contributed by atoms with van der Waals surface area (Å²) in [7, 11) is 0. The van der Waals surface area contributed by atoms with Crippen LogP contribution in [-0.4, -0.2) is 4.98 Å². The molecular weight excluding hydrogens is 170 g/mol. The Morgan fingerprint density at radius 1 is 1.42 bits per heavy atom. The highest BCUT2D eigenvalue weighted by Crippen LogP contribution is 2.13. The third kappa shape index (κ3) is 2.35. The molecule has 0 saturated heterocycles. The maximum absolute atomic E-state index is 5.72. The van der Waals surface area contributed by atoms with E-state index in [9.17, 15) is 0 Å². The molecule has 0 aliphatic rings. The van der Waals surface area contributed by atoms with E-state index in [4.69, 9.17) is 11.6 Å². The van der Waals surface area contributed by atoms with Crippen LogP contribution in [0, 0.1) is 6.92 Å². The Bertz CT molecular complexity index is 312. The van der Waals surface area contributed by atoms with Gasteiger partial charge >= 0.3 is 0 Å². The van der Waals surface area contributed by atoms with Gasteiger partial charge in [0.2, 0.25) is 0 Å². The molecule has 0 radical (unpaired) electrons. The molecule has 0 amide bonds. The van der Waals surface area contributed by atoms with Crippen LogP contribution in [0.15, 0.2) is 17.7 Å². The number of aromatic nitrogens is 1. The third-order valence-corrected chi connectivity index (χ3v) is 1.75. The highest BCUT2D eigenvalue weighted by atomic mass is 35.5. The highest BCUT2D eigenvalue weighted by molar-refractivity contribution is 6.29. The molecule has 1 heterocycles. The van der Waals surface area contributed by atoms with Crippen molar-refractivity contribution < 1.29 is 0 Å². The van der Waals surface area contributed by atoms with Crippen LogP contribution in [0.3, 0.4) is 0 Å². The monoisotopic (exact) mass is 181 g/mol. The fraction of sp³-hybridized carbons (Fsp3) is 0.300. The van der Waals surface area contributed by atoms with Gasteiger partial charge in [0.05, 0.1) is 0 Å². The first-order chi connectivity index (χ1) is 5.59. The van der Waals surface area contributed by atoms with Crippen molar-refractivity contribution in [3.63, 3.8) is 0 Å². The second kappa shape index (κ2) is 3.72. The smallest absolute Gasteiger partial charge is 0.129 e. The molecule has 1 nitrogen and oxygen atoms in total. The molecule has 0 saturated carbocycles.